The highest BCUT2D eigenvalue weighted by Crippen LogP contribution is 2.26. The maximum atomic E-state index is 6.31. The van der Waals surface area contributed by atoms with Crippen LogP contribution in [0.15, 0.2) is 18.2 Å². The minimum absolute atomic E-state index is 0.416. The lowest BCUT2D eigenvalue weighted by Gasteiger charge is -2.35. The van der Waals surface area contributed by atoms with Gasteiger partial charge >= 0.3 is 0 Å². The van der Waals surface area contributed by atoms with E-state index in [1.807, 2.05) is 18.2 Å². The van der Waals surface area contributed by atoms with Gasteiger partial charge in [-0.15, -0.1) is 0 Å². The summed E-state index contributed by atoms with van der Waals surface area (Å²) in [5, 5.41) is 7.59. The summed E-state index contributed by atoms with van der Waals surface area (Å²) in [6.45, 7) is 2.75. The van der Waals surface area contributed by atoms with Gasteiger partial charge in [-0.25, -0.2) is 0 Å². The number of benzene rings is 1. The molecule has 0 radical (unpaired) electrons. The summed E-state index contributed by atoms with van der Waals surface area (Å²) >= 11 is 6.31. The molecule has 0 spiro atoms. The molecule has 1 saturated heterocycles. The molecule has 8 nitrogen and oxygen atoms in total. The molecule has 1 aliphatic carbocycles. The first-order chi connectivity index (χ1) is 16.5. The van der Waals surface area contributed by atoms with E-state index in [-0.39, 0.29) is 0 Å². The van der Waals surface area contributed by atoms with Crippen molar-refractivity contribution in [2.24, 2.45) is 0 Å². The van der Waals surface area contributed by atoms with E-state index in [1.54, 1.807) is 7.11 Å². The number of anilines is 3. The summed E-state index contributed by atoms with van der Waals surface area (Å²) in [7, 11) is 5.91. The molecule has 1 saturated carbocycles. The molecule has 4 rings (SSSR count). The summed E-state index contributed by atoms with van der Waals surface area (Å²) in [6.07, 6.45) is 9.70. The number of halogens is 1. The van der Waals surface area contributed by atoms with Crippen LogP contribution >= 0.6 is 11.6 Å². The number of rotatable bonds is 8. The molecule has 2 heterocycles. The van der Waals surface area contributed by atoms with Crippen molar-refractivity contribution in [3.05, 3.63) is 28.8 Å². The Bertz CT molecular complexity index is 927. The van der Waals surface area contributed by atoms with Crippen LogP contribution in [-0.4, -0.2) is 66.2 Å². The van der Waals surface area contributed by atoms with Gasteiger partial charge in [0.05, 0.1) is 12.1 Å². The van der Waals surface area contributed by atoms with E-state index in [0.29, 0.717) is 41.3 Å². The lowest BCUT2D eigenvalue weighted by atomic mass is 10.0. The van der Waals surface area contributed by atoms with Gasteiger partial charge in [0.15, 0.2) is 0 Å². The van der Waals surface area contributed by atoms with Gasteiger partial charge < -0.3 is 25.2 Å². The molecular formula is C25H38ClN7O. The van der Waals surface area contributed by atoms with Crippen molar-refractivity contribution in [1.82, 2.24) is 19.9 Å². The zero-order valence-electron chi connectivity index (χ0n) is 20.7. The maximum Gasteiger partial charge on any atom is 0.231 e. The molecule has 2 N–H and O–H groups in total. The molecule has 0 unspecified atom stereocenters. The fourth-order valence-electron chi connectivity index (χ4n) is 4.82. The highest BCUT2D eigenvalue weighted by molar-refractivity contribution is 6.32. The predicted molar refractivity (Wildman–Crippen MR) is 139 cm³/mol. The van der Waals surface area contributed by atoms with Crippen LogP contribution in [-0.2, 0) is 6.54 Å². The molecule has 1 aromatic heterocycles. The predicted octanol–water partition coefficient (Wildman–Crippen LogP) is 4.81. The molecule has 0 bridgehead atoms. The van der Waals surface area contributed by atoms with E-state index < -0.39 is 0 Å². The summed E-state index contributed by atoms with van der Waals surface area (Å²) in [5.41, 5.74) is 1.04. The van der Waals surface area contributed by atoms with E-state index in [1.165, 1.54) is 38.5 Å². The molecule has 34 heavy (non-hydrogen) atoms. The van der Waals surface area contributed by atoms with Crippen molar-refractivity contribution in [3.63, 3.8) is 0 Å². The Kier molecular flexibility index (Phi) is 8.67. The van der Waals surface area contributed by atoms with Crippen LogP contribution in [0.5, 0.6) is 5.75 Å². The molecule has 1 aliphatic heterocycles. The molecule has 2 aliphatic rings. The quantitative estimate of drug-likeness (QED) is 0.513. The highest BCUT2D eigenvalue weighted by Gasteiger charge is 2.24. The second-order valence-corrected chi connectivity index (χ2v) is 9.99. The van der Waals surface area contributed by atoms with Crippen molar-refractivity contribution in [2.75, 3.05) is 49.8 Å². The normalized spacial score (nSPS) is 18.4. The van der Waals surface area contributed by atoms with E-state index in [2.05, 4.69) is 34.5 Å². The Labute approximate surface area is 208 Å². The Hall–Kier alpha value is -2.32. The van der Waals surface area contributed by atoms with E-state index in [0.717, 1.165) is 37.4 Å². The number of nitrogens with zero attached hydrogens (tertiary/aromatic N) is 5. The van der Waals surface area contributed by atoms with Gasteiger partial charge in [0.1, 0.15) is 5.75 Å². The Morgan fingerprint density at radius 3 is 2.41 bits per heavy atom. The van der Waals surface area contributed by atoms with Crippen molar-refractivity contribution in [2.45, 2.75) is 70.0 Å². The van der Waals surface area contributed by atoms with Gasteiger partial charge in [-0.1, -0.05) is 43.4 Å². The standard InChI is InChI=1S/C25H38ClN7O/c1-32-14-12-20(13-15-32)33(2)25-30-23(27-17-18-10-11-22(34-3)21(26)16-18)29-24(31-25)28-19-8-6-4-5-7-9-19/h10-11,16,19-20H,4-9,12-15,17H2,1-3H3,(H2,27,28,29,30,31). The van der Waals surface area contributed by atoms with Crippen LogP contribution in [0.4, 0.5) is 17.8 Å². The first kappa shape index (κ1) is 24.8. The van der Waals surface area contributed by atoms with Crippen molar-refractivity contribution < 1.29 is 4.74 Å². The summed E-state index contributed by atoms with van der Waals surface area (Å²) in [5.74, 6) is 2.62. The second-order valence-electron chi connectivity index (χ2n) is 9.58. The first-order valence-corrected chi connectivity index (χ1v) is 12.9. The van der Waals surface area contributed by atoms with Crippen LogP contribution in [0, 0.1) is 0 Å². The van der Waals surface area contributed by atoms with E-state index >= 15 is 0 Å². The molecule has 2 aromatic rings. The molecule has 2 fully saturated rings. The van der Waals surface area contributed by atoms with E-state index in [9.17, 15) is 0 Å². The fraction of sp³-hybridized carbons (Fsp3) is 0.640. The average molecular weight is 488 g/mol. The minimum atomic E-state index is 0.416. The number of nitrogens with one attached hydrogen (secondary N) is 2. The van der Waals surface area contributed by atoms with Gasteiger partial charge in [-0.05, 0) is 63.5 Å². The van der Waals surface area contributed by atoms with Gasteiger partial charge in [0.25, 0.3) is 0 Å². The lowest BCUT2D eigenvalue weighted by Crippen LogP contribution is -2.42. The third-order valence-electron chi connectivity index (χ3n) is 7.03. The molecule has 1 aromatic carbocycles. The largest absolute Gasteiger partial charge is 0.495 e. The van der Waals surface area contributed by atoms with Gasteiger partial charge in [0, 0.05) is 25.7 Å². The fourth-order valence-corrected chi connectivity index (χ4v) is 5.10. The maximum absolute atomic E-state index is 6.31. The van der Waals surface area contributed by atoms with Crippen molar-refractivity contribution >= 4 is 29.4 Å². The zero-order valence-corrected chi connectivity index (χ0v) is 21.4. The zero-order chi connectivity index (χ0) is 23.9. The topological polar surface area (TPSA) is 78.4 Å². The number of aromatic nitrogens is 3. The smallest absolute Gasteiger partial charge is 0.231 e. The van der Waals surface area contributed by atoms with Crippen LogP contribution in [0.1, 0.15) is 56.9 Å². The Balaban J connectivity index is 1.52. The number of hydrogen-bond acceptors (Lipinski definition) is 8. The third kappa shape index (κ3) is 6.63. The molecule has 186 valence electrons. The van der Waals surface area contributed by atoms with Crippen LogP contribution in [0.2, 0.25) is 5.02 Å². The van der Waals surface area contributed by atoms with Crippen LogP contribution in [0.25, 0.3) is 0 Å². The first-order valence-electron chi connectivity index (χ1n) is 12.5. The summed E-state index contributed by atoms with van der Waals surface area (Å²) in [6, 6.07) is 6.63. The molecule has 9 heteroatoms. The molecule has 0 amide bonds. The SMILES string of the molecule is COc1ccc(CNc2nc(NC3CCCCCC3)nc(N(C)C3CCN(C)CC3)n2)cc1Cl. The minimum Gasteiger partial charge on any atom is -0.495 e. The Morgan fingerprint density at radius 1 is 1.03 bits per heavy atom. The molecule has 0 atom stereocenters. The van der Waals surface area contributed by atoms with Crippen LogP contribution in [0.3, 0.4) is 0 Å². The van der Waals surface area contributed by atoms with E-state index in [4.69, 9.17) is 31.3 Å². The second kappa shape index (κ2) is 11.9. The number of piperidine rings is 1. The monoisotopic (exact) mass is 487 g/mol. The number of hydrogen-bond donors (Lipinski definition) is 2. The lowest BCUT2D eigenvalue weighted by molar-refractivity contribution is 0.252. The van der Waals surface area contributed by atoms with Crippen LogP contribution < -0.4 is 20.3 Å². The molecular weight excluding hydrogens is 450 g/mol. The van der Waals surface area contributed by atoms with Gasteiger partial charge in [-0.3, -0.25) is 0 Å². The van der Waals surface area contributed by atoms with Gasteiger partial charge in [-0.2, -0.15) is 15.0 Å². The third-order valence-corrected chi connectivity index (χ3v) is 7.33. The number of likely N-dealkylation sites (tertiary alicyclic amines) is 1. The van der Waals surface area contributed by atoms with Crippen molar-refractivity contribution in [3.8, 4) is 5.75 Å². The summed E-state index contributed by atoms with van der Waals surface area (Å²) < 4.78 is 5.26. The Morgan fingerprint density at radius 2 is 1.74 bits per heavy atom. The number of ether oxygens (including phenoxy) is 1. The van der Waals surface area contributed by atoms with Gasteiger partial charge in [0.2, 0.25) is 17.8 Å². The number of methoxy groups -OCH3 is 1. The average Bonchev–Trinajstić information content (AvgIpc) is 3.11. The summed E-state index contributed by atoms with van der Waals surface area (Å²) in [4.78, 5) is 19.0. The van der Waals surface area contributed by atoms with Crippen molar-refractivity contribution in [1.29, 1.82) is 0 Å². The highest BCUT2D eigenvalue weighted by atomic mass is 35.5.